The number of terminal acetylenes is 1. The summed E-state index contributed by atoms with van der Waals surface area (Å²) in [5.74, 6) is 2.53. The summed E-state index contributed by atoms with van der Waals surface area (Å²) in [7, 11) is 0. The van der Waals surface area contributed by atoms with Gasteiger partial charge in [-0.25, -0.2) is 9.59 Å². The first-order valence-corrected chi connectivity index (χ1v) is 19.7. The fourth-order valence-electron chi connectivity index (χ4n) is 6.47. The van der Waals surface area contributed by atoms with E-state index in [1.54, 1.807) is 16.8 Å². The first-order valence-electron chi connectivity index (χ1n) is 19.3. The van der Waals surface area contributed by atoms with Crippen LogP contribution in [0, 0.1) is 12.3 Å². The highest BCUT2D eigenvalue weighted by molar-refractivity contribution is 6.29. The zero-order valence-electron chi connectivity index (χ0n) is 30.6. The van der Waals surface area contributed by atoms with Crippen molar-refractivity contribution in [1.82, 2.24) is 14.5 Å². The molecule has 50 heavy (non-hydrogen) atoms. The maximum absolute atomic E-state index is 13.5. The van der Waals surface area contributed by atoms with E-state index in [0.29, 0.717) is 36.7 Å². The van der Waals surface area contributed by atoms with Gasteiger partial charge in [-0.2, -0.15) is 14.9 Å². The smallest absolute Gasteiger partial charge is 0.425 e. The second-order valence-electron chi connectivity index (χ2n) is 13.6. The summed E-state index contributed by atoms with van der Waals surface area (Å²) in [5.41, 5.74) is -0.741. The molecule has 0 saturated carbocycles. The number of imide groups is 1. The van der Waals surface area contributed by atoms with E-state index in [0.717, 1.165) is 43.4 Å². The zero-order chi connectivity index (χ0) is 36.0. The molecule has 2 aromatic heterocycles. The van der Waals surface area contributed by atoms with Crippen LogP contribution in [0.5, 0.6) is 0 Å². The fourth-order valence-corrected chi connectivity index (χ4v) is 6.63. The van der Waals surface area contributed by atoms with Crippen LogP contribution in [0.15, 0.2) is 12.3 Å². The lowest BCUT2D eigenvalue weighted by atomic mass is 10.0. The number of aliphatic hydroxyl groups excluding tert-OH is 1. The topological polar surface area (TPSA) is 116 Å². The van der Waals surface area contributed by atoms with Crippen molar-refractivity contribution < 1.29 is 28.9 Å². The number of carbonyl (C=O) groups excluding carboxylic acids is 2. The predicted molar refractivity (Wildman–Crippen MR) is 199 cm³/mol. The van der Waals surface area contributed by atoms with Crippen molar-refractivity contribution in [2.24, 2.45) is 0 Å². The third kappa shape index (κ3) is 13.4. The predicted octanol–water partition coefficient (Wildman–Crippen LogP) is 10.7. The Morgan fingerprint density at radius 2 is 1.36 bits per heavy atom. The number of hydrogen-bond donors (Lipinski definition) is 1. The Bertz CT molecular complexity index is 1290. The fraction of sp³-hybridized carbons (Fsp3) is 0.744. The second-order valence-corrected chi connectivity index (χ2v) is 14.0. The van der Waals surface area contributed by atoms with Crippen molar-refractivity contribution in [3.05, 3.63) is 17.5 Å². The molecule has 0 bridgehead atoms. The second kappa shape index (κ2) is 23.6. The van der Waals surface area contributed by atoms with Crippen LogP contribution in [0.1, 0.15) is 161 Å². The number of nitrogens with zero attached hydrogens (tertiary/aromatic N) is 4. The van der Waals surface area contributed by atoms with Gasteiger partial charge >= 0.3 is 12.2 Å². The number of aromatic nitrogens is 3. The van der Waals surface area contributed by atoms with Crippen molar-refractivity contribution in [2.75, 3.05) is 24.7 Å². The molecule has 1 aliphatic heterocycles. The Hall–Kier alpha value is -2.87. The molecular weight excluding hydrogens is 656 g/mol. The van der Waals surface area contributed by atoms with Gasteiger partial charge in [0.1, 0.15) is 11.9 Å². The third-order valence-electron chi connectivity index (χ3n) is 9.53. The molecule has 3 rings (SSSR count). The highest BCUT2D eigenvalue weighted by Gasteiger charge is 2.40. The summed E-state index contributed by atoms with van der Waals surface area (Å²) in [6, 6.07) is 1.69. The molecule has 0 aliphatic carbocycles. The molecule has 2 aromatic rings. The van der Waals surface area contributed by atoms with Crippen LogP contribution in [-0.2, 0) is 14.2 Å². The van der Waals surface area contributed by atoms with Gasteiger partial charge in [0.2, 0.25) is 5.28 Å². The molecule has 280 valence electrons. The van der Waals surface area contributed by atoms with E-state index < -0.39 is 24.0 Å². The van der Waals surface area contributed by atoms with Gasteiger partial charge in [-0.15, -0.1) is 6.42 Å². The molecule has 1 aliphatic rings. The SMILES string of the molecule is C#CC1(CO)CCC(n2ccc3c(N(C(=O)OCCCCCCCCCCCC)C(=O)OCCCCCCCCCCCC)nc(Cl)nc32)O1. The van der Waals surface area contributed by atoms with Crippen LogP contribution in [0.2, 0.25) is 5.28 Å². The van der Waals surface area contributed by atoms with E-state index in [1.807, 2.05) is 0 Å². The number of ether oxygens (including phenoxy) is 3. The highest BCUT2D eigenvalue weighted by Crippen LogP contribution is 2.39. The van der Waals surface area contributed by atoms with Gasteiger partial charge in [0.05, 0.1) is 25.2 Å². The summed E-state index contributed by atoms with van der Waals surface area (Å²) >= 11 is 6.39. The van der Waals surface area contributed by atoms with E-state index in [-0.39, 0.29) is 30.9 Å². The number of carbonyl (C=O) groups is 2. The Labute approximate surface area is 305 Å². The minimum atomic E-state index is -1.09. The zero-order valence-corrected chi connectivity index (χ0v) is 31.4. The summed E-state index contributed by atoms with van der Waals surface area (Å²) in [4.78, 5) is 36.6. The summed E-state index contributed by atoms with van der Waals surface area (Å²) in [6.45, 7) is 4.48. The molecule has 11 heteroatoms. The van der Waals surface area contributed by atoms with E-state index in [9.17, 15) is 14.7 Å². The number of rotatable bonds is 25. The van der Waals surface area contributed by atoms with Crippen LogP contribution in [0.3, 0.4) is 0 Å². The Kier molecular flexibility index (Phi) is 19.6. The quantitative estimate of drug-likeness (QED) is 0.0613. The molecule has 1 fully saturated rings. The van der Waals surface area contributed by atoms with Crippen molar-refractivity contribution in [3.8, 4) is 12.3 Å². The summed E-state index contributed by atoms with van der Waals surface area (Å²) in [6.07, 6.45) is 29.1. The summed E-state index contributed by atoms with van der Waals surface area (Å²) in [5, 5.41) is 10.1. The van der Waals surface area contributed by atoms with Crippen LogP contribution in [-0.4, -0.2) is 57.2 Å². The number of fused-ring (bicyclic) bond motifs is 1. The van der Waals surface area contributed by atoms with E-state index >= 15 is 0 Å². The molecule has 2 unspecified atom stereocenters. The van der Waals surface area contributed by atoms with Crippen LogP contribution >= 0.6 is 11.6 Å². The molecule has 0 radical (unpaired) electrons. The average Bonchev–Trinajstić information content (AvgIpc) is 3.74. The number of halogens is 1. The molecule has 0 spiro atoms. The Morgan fingerprint density at radius 1 is 0.880 bits per heavy atom. The average molecular weight is 717 g/mol. The Morgan fingerprint density at radius 3 is 1.80 bits per heavy atom. The molecule has 3 heterocycles. The van der Waals surface area contributed by atoms with Gasteiger partial charge in [0.15, 0.2) is 11.4 Å². The van der Waals surface area contributed by atoms with Gasteiger partial charge in [-0.3, -0.25) is 0 Å². The number of aliphatic hydroxyl groups is 1. The number of hydrogen-bond acceptors (Lipinski definition) is 8. The minimum absolute atomic E-state index is 0.0248. The van der Waals surface area contributed by atoms with Crippen LogP contribution in [0.4, 0.5) is 15.4 Å². The lowest BCUT2D eigenvalue weighted by Crippen LogP contribution is -2.39. The lowest BCUT2D eigenvalue weighted by molar-refractivity contribution is -0.0615. The van der Waals surface area contributed by atoms with Crippen molar-refractivity contribution in [1.29, 1.82) is 0 Å². The first kappa shape index (κ1) is 41.5. The molecule has 2 amide bonds. The molecular formula is C39H61ClN4O6. The van der Waals surface area contributed by atoms with Crippen LogP contribution < -0.4 is 4.90 Å². The number of amides is 2. The molecule has 2 atom stereocenters. The van der Waals surface area contributed by atoms with E-state index in [2.05, 4.69) is 29.7 Å². The standard InChI is InChI=1S/C39H61ClN4O6/c1-4-7-9-11-13-15-17-19-21-23-29-48-37(46)44(38(47)49-30-24-22-20-18-16-14-12-10-8-5-2)35-32-26-28-43(34(32)41-36(40)42-35)33-25-27-39(6-3,31-45)50-33/h3,26,28,33,45H,4-5,7-25,27,29-31H2,1-2H3. The molecule has 10 nitrogen and oxygen atoms in total. The third-order valence-corrected chi connectivity index (χ3v) is 9.70. The first-order chi connectivity index (χ1) is 24.4. The normalized spacial score (nSPS) is 17.2. The molecule has 0 aromatic carbocycles. The van der Waals surface area contributed by atoms with E-state index in [4.69, 9.17) is 32.2 Å². The van der Waals surface area contributed by atoms with E-state index in [1.165, 1.54) is 77.0 Å². The van der Waals surface area contributed by atoms with Gasteiger partial charge in [0, 0.05) is 6.20 Å². The Balaban J connectivity index is 1.63. The van der Waals surface area contributed by atoms with Crippen molar-refractivity contribution in [2.45, 2.75) is 167 Å². The largest absolute Gasteiger partial charge is 0.449 e. The van der Waals surface area contributed by atoms with Gasteiger partial charge in [0.25, 0.3) is 0 Å². The van der Waals surface area contributed by atoms with Gasteiger partial charge in [-0.05, 0) is 43.4 Å². The molecule has 1 saturated heterocycles. The maximum atomic E-state index is 13.5. The van der Waals surface area contributed by atoms with Crippen molar-refractivity contribution >= 4 is 40.6 Å². The highest BCUT2D eigenvalue weighted by atomic mass is 35.5. The molecule has 1 N–H and O–H groups in total. The monoisotopic (exact) mass is 716 g/mol. The lowest BCUT2D eigenvalue weighted by Gasteiger charge is -2.22. The van der Waals surface area contributed by atoms with Gasteiger partial charge in [-0.1, -0.05) is 135 Å². The van der Waals surface area contributed by atoms with Gasteiger partial charge < -0.3 is 23.9 Å². The summed E-state index contributed by atoms with van der Waals surface area (Å²) < 4.78 is 19.0. The maximum Gasteiger partial charge on any atom is 0.425 e. The number of anilines is 1. The van der Waals surface area contributed by atoms with Crippen molar-refractivity contribution in [3.63, 3.8) is 0 Å². The number of unbranched alkanes of at least 4 members (excludes halogenated alkanes) is 18. The minimum Gasteiger partial charge on any atom is -0.449 e. The van der Waals surface area contributed by atoms with Crippen LogP contribution in [0.25, 0.3) is 11.0 Å².